The first kappa shape index (κ1) is 13.1. The molecule has 0 rings (SSSR count). The van der Waals surface area contributed by atoms with Crippen LogP contribution in [0.3, 0.4) is 0 Å². The highest BCUT2D eigenvalue weighted by molar-refractivity contribution is 5.69. The lowest BCUT2D eigenvalue weighted by atomic mass is 10.2. The first-order valence-corrected chi connectivity index (χ1v) is 3.96. The highest BCUT2D eigenvalue weighted by Gasteiger charge is 1.98. The predicted molar refractivity (Wildman–Crippen MR) is 45.8 cm³/mol. The van der Waals surface area contributed by atoms with E-state index in [4.69, 9.17) is 4.74 Å². The van der Waals surface area contributed by atoms with Gasteiger partial charge in [0.15, 0.2) is 0 Å². The third-order valence-electron chi connectivity index (χ3n) is 1.29. The number of esters is 1. The van der Waals surface area contributed by atoms with Gasteiger partial charge in [0, 0.05) is 6.42 Å². The Labute approximate surface area is 68.7 Å². The number of hydrogen-bond acceptors (Lipinski definition) is 3. The SMILES string of the molecule is CCCCCC(=O)OCC.N. The lowest BCUT2D eigenvalue weighted by molar-refractivity contribution is -0.143. The molecule has 11 heavy (non-hydrogen) atoms. The van der Waals surface area contributed by atoms with Crippen molar-refractivity contribution < 1.29 is 9.53 Å². The molecule has 0 radical (unpaired) electrons. The van der Waals surface area contributed by atoms with Gasteiger partial charge in [-0.2, -0.15) is 0 Å². The second kappa shape index (κ2) is 9.43. The summed E-state index contributed by atoms with van der Waals surface area (Å²) in [5, 5.41) is 0. The smallest absolute Gasteiger partial charge is 0.305 e. The van der Waals surface area contributed by atoms with Crippen molar-refractivity contribution in [2.75, 3.05) is 6.61 Å². The fourth-order valence-corrected chi connectivity index (χ4v) is 0.752. The molecule has 3 heteroatoms. The number of unbranched alkanes of at least 4 members (excludes halogenated alkanes) is 2. The molecule has 0 aromatic carbocycles. The normalized spacial score (nSPS) is 8.55. The van der Waals surface area contributed by atoms with Crippen LogP contribution in [0.2, 0.25) is 0 Å². The molecule has 0 unspecified atom stereocenters. The highest BCUT2D eigenvalue weighted by atomic mass is 16.5. The van der Waals surface area contributed by atoms with Crippen LogP contribution in [-0.2, 0) is 9.53 Å². The monoisotopic (exact) mass is 161 g/mol. The van der Waals surface area contributed by atoms with E-state index in [1.54, 1.807) is 0 Å². The molecule has 0 aliphatic carbocycles. The number of rotatable bonds is 5. The van der Waals surface area contributed by atoms with E-state index in [0.29, 0.717) is 13.0 Å². The zero-order valence-electron chi connectivity index (χ0n) is 7.56. The zero-order valence-corrected chi connectivity index (χ0v) is 7.56. The fourth-order valence-electron chi connectivity index (χ4n) is 0.752. The number of carbonyl (C=O) groups excluding carboxylic acids is 1. The topological polar surface area (TPSA) is 61.3 Å². The van der Waals surface area contributed by atoms with Crippen LogP contribution in [0, 0.1) is 0 Å². The Morgan fingerprint density at radius 1 is 1.27 bits per heavy atom. The Bertz CT molecular complexity index is 94.1. The van der Waals surface area contributed by atoms with Gasteiger partial charge in [0.25, 0.3) is 0 Å². The molecular formula is C8H19NO2. The molecule has 3 N–H and O–H groups in total. The van der Waals surface area contributed by atoms with Crippen molar-refractivity contribution in [3.63, 3.8) is 0 Å². The standard InChI is InChI=1S/C8H16O2.H3N/c1-3-5-6-7-8(9)10-4-2;/h3-7H2,1-2H3;1H3. The Kier molecular flexibility index (Phi) is 11.2. The van der Waals surface area contributed by atoms with Gasteiger partial charge in [0.1, 0.15) is 0 Å². The van der Waals surface area contributed by atoms with Crippen LogP contribution >= 0.6 is 0 Å². The van der Waals surface area contributed by atoms with Gasteiger partial charge < -0.3 is 10.9 Å². The summed E-state index contributed by atoms with van der Waals surface area (Å²) in [6.07, 6.45) is 3.83. The van der Waals surface area contributed by atoms with E-state index in [2.05, 4.69) is 6.92 Å². The van der Waals surface area contributed by atoms with E-state index >= 15 is 0 Å². The van der Waals surface area contributed by atoms with Crippen molar-refractivity contribution in [2.24, 2.45) is 0 Å². The first-order chi connectivity index (χ1) is 4.81. The maximum absolute atomic E-state index is 10.7. The quantitative estimate of drug-likeness (QED) is 0.497. The predicted octanol–water partition coefficient (Wildman–Crippen LogP) is 2.29. The fraction of sp³-hybridized carbons (Fsp3) is 0.875. The first-order valence-electron chi connectivity index (χ1n) is 3.96. The molecule has 0 bridgehead atoms. The molecule has 0 aliphatic heterocycles. The molecule has 0 aromatic heterocycles. The molecule has 0 amide bonds. The molecule has 0 spiro atoms. The van der Waals surface area contributed by atoms with Crippen molar-refractivity contribution in [1.82, 2.24) is 6.15 Å². The highest BCUT2D eigenvalue weighted by Crippen LogP contribution is 1.99. The van der Waals surface area contributed by atoms with Gasteiger partial charge >= 0.3 is 5.97 Å². The van der Waals surface area contributed by atoms with Crippen molar-refractivity contribution in [1.29, 1.82) is 0 Å². The summed E-state index contributed by atoms with van der Waals surface area (Å²) < 4.78 is 4.75. The maximum Gasteiger partial charge on any atom is 0.305 e. The van der Waals surface area contributed by atoms with Gasteiger partial charge in [-0.25, -0.2) is 0 Å². The second-order valence-corrected chi connectivity index (χ2v) is 2.26. The largest absolute Gasteiger partial charge is 0.466 e. The lowest BCUT2D eigenvalue weighted by Gasteiger charge is -1.99. The number of hydrogen-bond donors (Lipinski definition) is 1. The average Bonchev–Trinajstić information content (AvgIpc) is 1.89. The van der Waals surface area contributed by atoms with Gasteiger partial charge in [0.05, 0.1) is 6.61 Å². The zero-order chi connectivity index (χ0) is 7.82. The van der Waals surface area contributed by atoms with Gasteiger partial charge in [-0.3, -0.25) is 4.79 Å². The maximum atomic E-state index is 10.7. The van der Waals surface area contributed by atoms with Gasteiger partial charge in [0.2, 0.25) is 0 Å². The van der Waals surface area contributed by atoms with Gasteiger partial charge in [-0.1, -0.05) is 19.8 Å². The molecule has 68 valence electrons. The summed E-state index contributed by atoms with van der Waals surface area (Å²) in [5.41, 5.74) is 0. The third kappa shape index (κ3) is 9.43. The minimum Gasteiger partial charge on any atom is -0.466 e. The summed E-state index contributed by atoms with van der Waals surface area (Å²) in [5.74, 6) is -0.0593. The van der Waals surface area contributed by atoms with E-state index < -0.39 is 0 Å². The van der Waals surface area contributed by atoms with E-state index in [-0.39, 0.29) is 12.1 Å². The van der Waals surface area contributed by atoms with Crippen molar-refractivity contribution in [3.05, 3.63) is 0 Å². The Morgan fingerprint density at radius 3 is 2.36 bits per heavy atom. The van der Waals surface area contributed by atoms with Crippen molar-refractivity contribution in [2.45, 2.75) is 39.5 Å². The van der Waals surface area contributed by atoms with E-state index in [1.807, 2.05) is 6.92 Å². The number of carbonyl (C=O) groups is 1. The van der Waals surface area contributed by atoms with E-state index in [0.717, 1.165) is 19.3 Å². The minimum atomic E-state index is -0.0593. The Morgan fingerprint density at radius 2 is 1.91 bits per heavy atom. The van der Waals surface area contributed by atoms with Crippen LogP contribution in [0.1, 0.15) is 39.5 Å². The van der Waals surface area contributed by atoms with Crippen LogP contribution in [-0.4, -0.2) is 12.6 Å². The second-order valence-electron chi connectivity index (χ2n) is 2.26. The summed E-state index contributed by atoms with van der Waals surface area (Å²) in [7, 11) is 0. The van der Waals surface area contributed by atoms with Crippen LogP contribution in [0.15, 0.2) is 0 Å². The summed E-state index contributed by atoms with van der Waals surface area (Å²) in [4.78, 5) is 10.7. The van der Waals surface area contributed by atoms with Crippen LogP contribution in [0.25, 0.3) is 0 Å². The van der Waals surface area contributed by atoms with Crippen LogP contribution in [0.5, 0.6) is 0 Å². The van der Waals surface area contributed by atoms with Gasteiger partial charge in [-0.05, 0) is 13.3 Å². The third-order valence-corrected chi connectivity index (χ3v) is 1.29. The molecule has 0 saturated carbocycles. The molecule has 0 atom stereocenters. The molecule has 0 aromatic rings. The molecule has 0 aliphatic rings. The number of ether oxygens (including phenoxy) is 1. The molecule has 3 nitrogen and oxygen atoms in total. The molecule has 0 heterocycles. The lowest BCUT2D eigenvalue weighted by Crippen LogP contribution is -2.02. The van der Waals surface area contributed by atoms with Crippen LogP contribution < -0.4 is 6.15 Å². The molecule has 0 saturated heterocycles. The van der Waals surface area contributed by atoms with Crippen molar-refractivity contribution in [3.8, 4) is 0 Å². The van der Waals surface area contributed by atoms with Crippen LogP contribution in [0.4, 0.5) is 0 Å². The van der Waals surface area contributed by atoms with Crippen molar-refractivity contribution >= 4 is 5.97 Å². The summed E-state index contributed by atoms with van der Waals surface area (Å²) in [6.45, 7) is 4.45. The van der Waals surface area contributed by atoms with E-state index in [1.165, 1.54) is 0 Å². The average molecular weight is 161 g/mol. The van der Waals surface area contributed by atoms with Gasteiger partial charge in [-0.15, -0.1) is 0 Å². The van der Waals surface area contributed by atoms with E-state index in [9.17, 15) is 4.79 Å². The summed E-state index contributed by atoms with van der Waals surface area (Å²) in [6, 6.07) is 0. The molecule has 0 fully saturated rings. The Hall–Kier alpha value is -0.570. The summed E-state index contributed by atoms with van der Waals surface area (Å²) >= 11 is 0. The minimum absolute atomic E-state index is 0. The Balaban J connectivity index is 0. The molecular weight excluding hydrogens is 142 g/mol.